The lowest BCUT2D eigenvalue weighted by Crippen LogP contribution is -2.29. The van der Waals surface area contributed by atoms with Crippen molar-refractivity contribution >= 4 is 29.2 Å². The van der Waals surface area contributed by atoms with Crippen LogP contribution in [-0.4, -0.2) is 10.5 Å². The van der Waals surface area contributed by atoms with Crippen molar-refractivity contribution in [1.82, 2.24) is 0 Å². The summed E-state index contributed by atoms with van der Waals surface area (Å²) in [6, 6.07) is 0. The summed E-state index contributed by atoms with van der Waals surface area (Å²) in [5, 5.41) is 0. The van der Waals surface area contributed by atoms with Crippen molar-refractivity contribution in [3.8, 4) is 0 Å². The first-order valence-corrected chi connectivity index (χ1v) is 6.36. The highest BCUT2D eigenvalue weighted by molar-refractivity contribution is 8.10. The van der Waals surface area contributed by atoms with Gasteiger partial charge in [0.15, 0.2) is 0 Å². The molecule has 0 saturated heterocycles. The summed E-state index contributed by atoms with van der Waals surface area (Å²) in [5.41, 5.74) is 0. The first kappa shape index (κ1) is 9.34. The number of ether oxygens (including phenoxy) is 1. The minimum Gasteiger partial charge on any atom is -0.434 e. The third-order valence-corrected chi connectivity index (χ3v) is 4.52. The van der Waals surface area contributed by atoms with Crippen molar-refractivity contribution in [1.29, 1.82) is 0 Å². The lowest BCUT2D eigenvalue weighted by molar-refractivity contribution is 0.149. The fourth-order valence-corrected chi connectivity index (χ4v) is 4.16. The molecule has 3 aliphatic carbocycles. The maximum atomic E-state index is 5.61. The number of hydrogen-bond acceptors (Lipinski definition) is 2. The normalized spacial score (nSPS) is 44.2. The predicted octanol–water partition coefficient (Wildman–Crippen LogP) is 3.00. The van der Waals surface area contributed by atoms with E-state index >= 15 is 0 Å². The van der Waals surface area contributed by atoms with Gasteiger partial charge < -0.3 is 4.74 Å². The van der Waals surface area contributed by atoms with E-state index in [1.165, 1.54) is 32.1 Å². The molecule has 3 saturated carbocycles. The molecule has 14 heavy (non-hydrogen) atoms. The van der Waals surface area contributed by atoms with E-state index in [1.807, 2.05) is 0 Å². The third kappa shape index (κ3) is 1.28. The van der Waals surface area contributed by atoms with Gasteiger partial charge in [-0.05, 0) is 31.5 Å². The lowest BCUT2D eigenvalue weighted by atomic mass is 9.80. The van der Waals surface area contributed by atoms with Gasteiger partial charge >= 0.3 is 0 Å². The molecule has 0 aromatic carbocycles. The number of fused-ring (bicyclic) bond motifs is 5. The Hall–Kier alpha value is 0.110. The molecule has 0 aromatic rings. The highest BCUT2D eigenvalue weighted by Crippen LogP contribution is 2.60. The third-order valence-electron chi connectivity index (χ3n) is 4.32. The van der Waals surface area contributed by atoms with Gasteiger partial charge in [-0.2, -0.15) is 0 Å². The summed E-state index contributed by atoms with van der Waals surface area (Å²) >= 11 is 8.96. The summed E-state index contributed by atoms with van der Waals surface area (Å²) < 4.78 is 6.03. The zero-order valence-corrected chi connectivity index (χ0v) is 9.82. The van der Waals surface area contributed by atoms with Gasteiger partial charge in [0, 0.05) is 18.3 Å². The average molecular weight is 227 g/mol. The molecule has 3 rings (SSSR count). The fraction of sp³-hybridized carbons (Fsp3) is 0.818. The molecule has 3 heteroatoms. The number of thiocarbonyl (C=S) groups is 1. The number of thiol groups is 1. The molecule has 3 fully saturated rings. The van der Waals surface area contributed by atoms with Crippen LogP contribution in [0.2, 0.25) is 0 Å². The maximum absolute atomic E-state index is 5.61. The van der Waals surface area contributed by atoms with Crippen LogP contribution in [0, 0.1) is 23.7 Å². The Bertz CT molecular complexity index is 266. The molecule has 1 nitrogen and oxygen atoms in total. The van der Waals surface area contributed by atoms with Crippen molar-refractivity contribution in [3.63, 3.8) is 0 Å². The van der Waals surface area contributed by atoms with Crippen LogP contribution >= 0.6 is 24.8 Å². The quantitative estimate of drug-likeness (QED) is 0.419. The monoisotopic (exact) mass is 227 g/mol. The lowest BCUT2D eigenvalue weighted by Gasteiger charge is -2.22. The van der Waals surface area contributed by atoms with Crippen molar-refractivity contribution in [2.75, 3.05) is 0 Å². The van der Waals surface area contributed by atoms with E-state index in [0.29, 0.717) is 10.5 Å². The van der Waals surface area contributed by atoms with Crippen molar-refractivity contribution in [2.45, 2.75) is 38.2 Å². The highest BCUT2D eigenvalue weighted by atomic mass is 32.1. The van der Waals surface area contributed by atoms with Crippen molar-refractivity contribution in [3.05, 3.63) is 5.92 Å². The molecule has 3 aliphatic rings. The summed E-state index contributed by atoms with van der Waals surface area (Å²) in [6.07, 6.45) is 7.12. The molecular weight excluding hydrogens is 212 g/mol. The van der Waals surface area contributed by atoms with Gasteiger partial charge in [-0.3, -0.25) is 0 Å². The van der Waals surface area contributed by atoms with Crippen molar-refractivity contribution < 1.29 is 4.74 Å². The molecule has 4 unspecified atom stereocenters. The minimum atomic E-state index is 0.323. The van der Waals surface area contributed by atoms with Gasteiger partial charge in [0.1, 0.15) is 11.8 Å². The molecule has 0 spiro atoms. The smallest absolute Gasteiger partial charge is 0.240 e. The van der Waals surface area contributed by atoms with E-state index in [4.69, 9.17) is 17.0 Å². The fourth-order valence-electron chi connectivity index (χ4n) is 3.92. The summed E-state index contributed by atoms with van der Waals surface area (Å²) in [5.74, 6) is 4.44. The van der Waals surface area contributed by atoms with Gasteiger partial charge in [-0.15, -0.1) is 0 Å². The summed E-state index contributed by atoms with van der Waals surface area (Å²) in [6.45, 7) is 0. The van der Waals surface area contributed by atoms with Gasteiger partial charge in [0.05, 0.1) is 6.42 Å². The Labute approximate surface area is 96.0 Å². The Morgan fingerprint density at radius 3 is 3.07 bits per heavy atom. The molecule has 0 radical (unpaired) electrons. The Morgan fingerprint density at radius 2 is 2.29 bits per heavy atom. The molecule has 2 bridgehead atoms. The van der Waals surface area contributed by atoms with Crippen LogP contribution in [0.5, 0.6) is 0 Å². The van der Waals surface area contributed by atoms with E-state index in [0.717, 1.165) is 17.8 Å². The second-order valence-electron chi connectivity index (χ2n) is 4.85. The van der Waals surface area contributed by atoms with E-state index in [9.17, 15) is 0 Å². The Balaban J connectivity index is 1.73. The second kappa shape index (κ2) is 3.31. The van der Waals surface area contributed by atoms with E-state index < -0.39 is 0 Å². The number of hydrogen-bond donors (Lipinski definition) is 1. The van der Waals surface area contributed by atoms with Crippen LogP contribution in [-0.2, 0) is 4.74 Å². The van der Waals surface area contributed by atoms with Gasteiger partial charge in [-0.1, -0.05) is 12.6 Å². The second-order valence-corrected chi connectivity index (χ2v) is 5.93. The van der Waals surface area contributed by atoms with Gasteiger partial charge in [0.25, 0.3) is 0 Å². The molecule has 0 N–H and O–H groups in total. The van der Waals surface area contributed by atoms with E-state index in [2.05, 4.69) is 12.6 Å². The van der Waals surface area contributed by atoms with Crippen LogP contribution < -0.4 is 0 Å². The summed E-state index contributed by atoms with van der Waals surface area (Å²) in [7, 11) is 0. The molecule has 0 amide bonds. The predicted molar refractivity (Wildman–Crippen MR) is 63.3 cm³/mol. The topological polar surface area (TPSA) is 9.23 Å². The molecule has 76 valence electrons. The molecular formula is C11H15OS2+. The van der Waals surface area contributed by atoms with E-state index in [-0.39, 0.29) is 0 Å². The van der Waals surface area contributed by atoms with Crippen LogP contribution in [0.1, 0.15) is 32.1 Å². The Kier molecular flexibility index (Phi) is 2.21. The van der Waals surface area contributed by atoms with Crippen LogP contribution in [0.3, 0.4) is 0 Å². The average Bonchev–Trinajstić information content (AvgIpc) is 2.68. The number of rotatable bonds is 1. The SMILES string of the molecule is S=C(S)OC1CC2C[C+]1C1CCCC21. The molecule has 4 atom stereocenters. The zero-order chi connectivity index (χ0) is 9.71. The van der Waals surface area contributed by atoms with Crippen LogP contribution in [0.25, 0.3) is 0 Å². The van der Waals surface area contributed by atoms with Crippen molar-refractivity contribution in [2.24, 2.45) is 17.8 Å². The first-order chi connectivity index (χ1) is 6.75. The van der Waals surface area contributed by atoms with E-state index in [1.54, 1.807) is 5.92 Å². The van der Waals surface area contributed by atoms with Crippen LogP contribution in [0.15, 0.2) is 0 Å². The largest absolute Gasteiger partial charge is 0.434 e. The van der Waals surface area contributed by atoms with Crippen LogP contribution in [0.4, 0.5) is 0 Å². The Morgan fingerprint density at radius 1 is 1.43 bits per heavy atom. The summed E-state index contributed by atoms with van der Waals surface area (Å²) in [4.78, 5) is 0. The zero-order valence-electron chi connectivity index (χ0n) is 8.11. The molecule has 0 heterocycles. The highest BCUT2D eigenvalue weighted by Gasteiger charge is 2.63. The maximum Gasteiger partial charge on any atom is 0.240 e. The minimum absolute atomic E-state index is 0.323. The van der Waals surface area contributed by atoms with Gasteiger partial charge in [-0.25, -0.2) is 0 Å². The molecule has 0 aliphatic heterocycles. The standard InChI is InChI=1S/C11H14OS2/c13-11(14)12-10-5-6-4-9(10)8-3-1-2-7(6)8/h6-8,10H,1-5H2/p+1. The molecule has 0 aromatic heterocycles. The first-order valence-electron chi connectivity index (χ1n) is 5.51. The van der Waals surface area contributed by atoms with Gasteiger partial charge in [0.2, 0.25) is 10.5 Å².